The largest absolute Gasteiger partial charge is 0.502 e. The van der Waals surface area contributed by atoms with Crippen LogP contribution in [0.15, 0.2) is 65.0 Å². The van der Waals surface area contributed by atoms with Crippen molar-refractivity contribution in [3.05, 3.63) is 70.4 Å². The Morgan fingerprint density at radius 3 is 2.02 bits per heavy atom. The van der Waals surface area contributed by atoms with Crippen molar-refractivity contribution in [2.75, 3.05) is 44.3 Å². The van der Waals surface area contributed by atoms with Gasteiger partial charge < -0.3 is 30.1 Å². The van der Waals surface area contributed by atoms with Gasteiger partial charge in [0.15, 0.2) is 11.5 Å². The van der Waals surface area contributed by atoms with Gasteiger partial charge in [0.05, 0.1) is 23.8 Å². The van der Waals surface area contributed by atoms with Crippen molar-refractivity contribution in [3.8, 4) is 17.2 Å². The van der Waals surface area contributed by atoms with E-state index in [2.05, 4.69) is 35.9 Å². The standard InChI is InChI=1S/C38H52N4O4S/c1-3-5-7-9-11-25-45-33-28-30(29-34(37(33)44)46-26-12-10-8-6-4-2)15-20-36(43)42-23-21-41(22-24-42)32-18-16-31(17-19-32)40-38(39)35-14-13-27-47-35/h13-20,27-29,44H,3-12,21-26H2,1-2H3,(H2,39,40). The molecule has 0 spiro atoms. The fourth-order valence-corrected chi connectivity index (χ4v) is 6.14. The molecule has 8 nitrogen and oxygen atoms in total. The average Bonchev–Trinajstić information content (AvgIpc) is 3.64. The Bertz CT molecular complexity index is 1380. The highest BCUT2D eigenvalue weighted by Crippen LogP contribution is 2.38. The smallest absolute Gasteiger partial charge is 0.246 e. The number of nitrogens with zero attached hydrogens (tertiary/aromatic N) is 3. The maximum atomic E-state index is 13.2. The Morgan fingerprint density at radius 2 is 1.47 bits per heavy atom. The van der Waals surface area contributed by atoms with Crippen LogP contribution < -0.4 is 20.1 Å². The summed E-state index contributed by atoms with van der Waals surface area (Å²) in [6, 6.07) is 15.6. The highest BCUT2D eigenvalue weighted by Gasteiger charge is 2.20. The van der Waals surface area contributed by atoms with Crippen LogP contribution in [0.2, 0.25) is 0 Å². The first-order valence-corrected chi connectivity index (χ1v) is 18.2. The summed E-state index contributed by atoms with van der Waals surface area (Å²) in [6.45, 7) is 8.20. The number of benzene rings is 2. The number of ether oxygens (including phenoxy) is 2. The highest BCUT2D eigenvalue weighted by molar-refractivity contribution is 7.12. The molecule has 47 heavy (non-hydrogen) atoms. The monoisotopic (exact) mass is 660 g/mol. The third kappa shape index (κ3) is 11.6. The van der Waals surface area contributed by atoms with E-state index in [0.29, 0.717) is 43.6 Å². The van der Waals surface area contributed by atoms with Gasteiger partial charge in [-0.2, -0.15) is 0 Å². The van der Waals surface area contributed by atoms with Crippen LogP contribution in [0.25, 0.3) is 6.08 Å². The van der Waals surface area contributed by atoms with Gasteiger partial charge in [-0.15, -0.1) is 11.3 Å². The van der Waals surface area contributed by atoms with Crippen molar-refractivity contribution in [2.45, 2.75) is 78.1 Å². The molecule has 9 heteroatoms. The van der Waals surface area contributed by atoms with Crippen molar-refractivity contribution in [1.29, 1.82) is 0 Å². The predicted molar refractivity (Wildman–Crippen MR) is 196 cm³/mol. The molecule has 0 radical (unpaired) electrons. The Labute approximate surface area is 284 Å². The number of carbonyl (C=O) groups is 1. The predicted octanol–water partition coefficient (Wildman–Crippen LogP) is 8.55. The number of rotatable bonds is 19. The fraction of sp³-hybridized carbons (Fsp3) is 0.474. The normalized spacial score (nSPS) is 13.8. The van der Waals surface area contributed by atoms with Gasteiger partial charge in [-0.1, -0.05) is 71.3 Å². The Hall–Kier alpha value is -3.98. The van der Waals surface area contributed by atoms with Crippen molar-refractivity contribution in [3.63, 3.8) is 0 Å². The number of phenolic OH excluding ortho intramolecular Hbond substituents is 1. The second kappa shape index (κ2) is 19.6. The van der Waals surface area contributed by atoms with Gasteiger partial charge in [0.25, 0.3) is 0 Å². The average molecular weight is 661 g/mol. The van der Waals surface area contributed by atoms with Gasteiger partial charge in [0.2, 0.25) is 11.7 Å². The minimum Gasteiger partial charge on any atom is -0.502 e. The number of carbonyl (C=O) groups excluding carboxylic acids is 1. The van der Waals surface area contributed by atoms with E-state index in [1.165, 1.54) is 38.5 Å². The number of hydrogen-bond donors (Lipinski definition) is 2. The number of nitrogens with two attached hydrogens (primary N) is 1. The molecular weight excluding hydrogens is 609 g/mol. The van der Waals surface area contributed by atoms with Crippen LogP contribution in [-0.2, 0) is 4.79 Å². The van der Waals surface area contributed by atoms with Gasteiger partial charge in [-0.05, 0) is 72.3 Å². The lowest BCUT2D eigenvalue weighted by Crippen LogP contribution is -2.48. The number of phenols is 1. The molecule has 3 N–H and O–H groups in total. The number of unbranched alkanes of at least 4 members (excludes halogenated alkanes) is 8. The molecular formula is C38H52N4O4S. The number of thiophene rings is 1. The molecule has 0 aliphatic carbocycles. The van der Waals surface area contributed by atoms with Crippen LogP contribution in [0, 0.1) is 0 Å². The first-order chi connectivity index (χ1) is 23.0. The first-order valence-electron chi connectivity index (χ1n) is 17.3. The van der Waals surface area contributed by atoms with Gasteiger partial charge in [0, 0.05) is 37.9 Å². The lowest BCUT2D eigenvalue weighted by Gasteiger charge is -2.35. The van der Waals surface area contributed by atoms with E-state index >= 15 is 0 Å². The van der Waals surface area contributed by atoms with E-state index in [4.69, 9.17) is 15.2 Å². The fourth-order valence-electron chi connectivity index (χ4n) is 5.51. The quantitative estimate of drug-likeness (QED) is 0.0579. The van der Waals surface area contributed by atoms with E-state index < -0.39 is 0 Å². The molecule has 254 valence electrons. The number of amides is 1. The summed E-state index contributed by atoms with van der Waals surface area (Å²) in [6.07, 6.45) is 14.7. The van der Waals surface area contributed by atoms with E-state index in [1.807, 2.05) is 34.5 Å². The number of anilines is 1. The molecule has 3 aromatic rings. The molecule has 1 aromatic heterocycles. The lowest BCUT2D eigenvalue weighted by molar-refractivity contribution is -0.126. The van der Waals surface area contributed by atoms with Crippen LogP contribution in [-0.4, -0.2) is 61.1 Å². The van der Waals surface area contributed by atoms with Crippen molar-refractivity contribution in [2.24, 2.45) is 10.7 Å². The molecule has 1 fully saturated rings. The number of piperazine rings is 1. The number of amidine groups is 1. The minimum atomic E-state index is -0.0387. The zero-order chi connectivity index (χ0) is 33.3. The Morgan fingerprint density at radius 1 is 0.872 bits per heavy atom. The van der Waals surface area contributed by atoms with E-state index in [9.17, 15) is 9.90 Å². The third-order valence-corrected chi connectivity index (χ3v) is 9.21. The Kier molecular flexibility index (Phi) is 15.0. The highest BCUT2D eigenvalue weighted by atomic mass is 32.1. The molecule has 0 bridgehead atoms. The zero-order valence-electron chi connectivity index (χ0n) is 28.2. The van der Waals surface area contributed by atoms with Gasteiger partial charge in [0.1, 0.15) is 5.84 Å². The summed E-state index contributed by atoms with van der Waals surface area (Å²) in [7, 11) is 0. The number of hydrogen-bond acceptors (Lipinski definition) is 7. The first kappa shape index (κ1) is 35.9. The van der Waals surface area contributed by atoms with Gasteiger partial charge >= 0.3 is 0 Å². The van der Waals surface area contributed by atoms with Gasteiger partial charge in [-0.3, -0.25) is 4.79 Å². The van der Waals surface area contributed by atoms with Crippen LogP contribution >= 0.6 is 11.3 Å². The summed E-state index contributed by atoms with van der Waals surface area (Å²) in [5.74, 6) is 1.30. The molecule has 0 atom stereocenters. The van der Waals surface area contributed by atoms with E-state index in [1.54, 1.807) is 35.6 Å². The summed E-state index contributed by atoms with van der Waals surface area (Å²) in [4.78, 5) is 22.8. The second-order valence-electron chi connectivity index (χ2n) is 12.0. The molecule has 1 saturated heterocycles. The molecule has 1 aliphatic heterocycles. The summed E-state index contributed by atoms with van der Waals surface area (Å²) >= 11 is 1.57. The molecule has 1 amide bonds. The van der Waals surface area contributed by atoms with E-state index in [-0.39, 0.29) is 11.7 Å². The molecule has 2 heterocycles. The molecule has 2 aromatic carbocycles. The van der Waals surface area contributed by atoms with Crippen LogP contribution in [0.5, 0.6) is 17.2 Å². The number of aliphatic imine (C=N–C) groups is 1. The molecule has 0 unspecified atom stereocenters. The molecule has 4 rings (SSSR count). The minimum absolute atomic E-state index is 0.0255. The third-order valence-electron chi connectivity index (χ3n) is 8.32. The van der Waals surface area contributed by atoms with Crippen molar-refractivity contribution < 1.29 is 19.4 Å². The summed E-state index contributed by atoms with van der Waals surface area (Å²) < 4.78 is 12.0. The molecule has 1 aliphatic rings. The maximum absolute atomic E-state index is 13.2. The van der Waals surface area contributed by atoms with Crippen LogP contribution in [0.3, 0.4) is 0 Å². The maximum Gasteiger partial charge on any atom is 0.246 e. The van der Waals surface area contributed by atoms with Crippen LogP contribution in [0.4, 0.5) is 11.4 Å². The van der Waals surface area contributed by atoms with E-state index in [0.717, 1.165) is 60.6 Å². The summed E-state index contributed by atoms with van der Waals surface area (Å²) in [5, 5.41) is 12.9. The number of aromatic hydroxyl groups is 1. The van der Waals surface area contributed by atoms with Crippen molar-refractivity contribution >= 4 is 40.5 Å². The zero-order valence-corrected chi connectivity index (χ0v) is 29.0. The van der Waals surface area contributed by atoms with Crippen molar-refractivity contribution in [1.82, 2.24) is 4.90 Å². The summed E-state index contributed by atoms with van der Waals surface area (Å²) in [5.41, 5.74) is 8.81. The van der Waals surface area contributed by atoms with Crippen LogP contribution in [0.1, 0.15) is 88.5 Å². The second-order valence-corrected chi connectivity index (χ2v) is 13.0. The van der Waals surface area contributed by atoms with Gasteiger partial charge in [-0.25, -0.2) is 4.99 Å². The molecule has 0 saturated carbocycles. The Balaban J connectivity index is 1.32. The lowest BCUT2D eigenvalue weighted by atomic mass is 10.1. The topological polar surface area (TPSA) is 101 Å². The SMILES string of the molecule is CCCCCCCOc1cc(C=CC(=O)N2CCN(c3ccc(N=C(N)c4cccs4)cc3)CC2)cc(OCCCCCCC)c1O.